The lowest BCUT2D eigenvalue weighted by atomic mass is 10.2. The fraction of sp³-hybridized carbons (Fsp3) is 0.150. The highest BCUT2D eigenvalue weighted by Gasteiger charge is 2.36. The van der Waals surface area contributed by atoms with E-state index in [4.69, 9.17) is 14.6 Å². The molecule has 0 spiro atoms. The molecule has 2 amide bonds. The van der Waals surface area contributed by atoms with E-state index < -0.39 is 18.0 Å². The summed E-state index contributed by atoms with van der Waals surface area (Å²) in [6.07, 6.45) is 0.639. The number of methoxy groups -OCH3 is 1. The number of carboxylic acids is 1. The van der Waals surface area contributed by atoms with E-state index in [2.05, 4.69) is 0 Å². The SMILES string of the molecule is COc1cccc(N2C(=O)S/C(=C/c3ccc(OC(C)C(=O)O)cc3)C2=O)c1. The number of nitrogens with zero attached hydrogens (tertiary/aromatic N) is 1. The van der Waals surface area contributed by atoms with Crippen LogP contribution in [0.3, 0.4) is 0 Å². The van der Waals surface area contributed by atoms with Gasteiger partial charge in [-0.25, -0.2) is 9.69 Å². The number of carbonyl (C=O) groups excluding carboxylic acids is 2. The van der Waals surface area contributed by atoms with Gasteiger partial charge in [0.2, 0.25) is 0 Å². The normalized spacial score (nSPS) is 16.4. The first-order valence-electron chi connectivity index (χ1n) is 8.30. The Morgan fingerprint density at radius 3 is 2.50 bits per heavy atom. The Morgan fingerprint density at radius 2 is 1.86 bits per heavy atom. The lowest BCUT2D eigenvalue weighted by Gasteiger charge is -2.13. The third-order valence-electron chi connectivity index (χ3n) is 3.94. The monoisotopic (exact) mass is 399 g/mol. The van der Waals surface area contributed by atoms with Crippen molar-refractivity contribution < 1.29 is 29.0 Å². The van der Waals surface area contributed by atoms with Crippen molar-refractivity contribution in [2.75, 3.05) is 12.0 Å². The van der Waals surface area contributed by atoms with Crippen LogP contribution in [0.5, 0.6) is 11.5 Å². The molecule has 3 rings (SSSR count). The maximum absolute atomic E-state index is 12.7. The summed E-state index contributed by atoms with van der Waals surface area (Å²) >= 11 is 0.852. The zero-order valence-corrected chi connectivity index (χ0v) is 15.9. The van der Waals surface area contributed by atoms with Crippen molar-refractivity contribution >= 4 is 40.6 Å². The maximum Gasteiger partial charge on any atom is 0.344 e. The van der Waals surface area contributed by atoms with Crippen molar-refractivity contribution in [3.63, 3.8) is 0 Å². The van der Waals surface area contributed by atoms with Gasteiger partial charge in [-0.1, -0.05) is 18.2 Å². The van der Waals surface area contributed by atoms with Crippen molar-refractivity contribution in [2.45, 2.75) is 13.0 Å². The molecule has 1 heterocycles. The number of hydrogen-bond acceptors (Lipinski definition) is 6. The molecule has 1 N–H and O–H groups in total. The fourth-order valence-corrected chi connectivity index (χ4v) is 3.33. The molecule has 2 aromatic carbocycles. The Bertz CT molecular complexity index is 953. The lowest BCUT2D eigenvalue weighted by Crippen LogP contribution is -2.27. The van der Waals surface area contributed by atoms with E-state index in [1.807, 2.05) is 0 Å². The molecule has 1 unspecified atom stereocenters. The molecule has 0 saturated carbocycles. The average Bonchev–Trinajstić information content (AvgIpc) is 2.96. The van der Waals surface area contributed by atoms with E-state index in [1.165, 1.54) is 14.0 Å². The van der Waals surface area contributed by atoms with E-state index in [0.717, 1.165) is 16.7 Å². The summed E-state index contributed by atoms with van der Waals surface area (Å²) in [4.78, 5) is 37.3. The number of hydrogen-bond donors (Lipinski definition) is 1. The molecule has 1 fully saturated rings. The number of benzene rings is 2. The summed E-state index contributed by atoms with van der Waals surface area (Å²) in [6.45, 7) is 1.44. The van der Waals surface area contributed by atoms with Crippen LogP contribution in [0.25, 0.3) is 6.08 Å². The second kappa shape index (κ2) is 8.18. The molecule has 0 bridgehead atoms. The molecule has 7 nitrogen and oxygen atoms in total. The topological polar surface area (TPSA) is 93.1 Å². The molecule has 0 aromatic heterocycles. The minimum atomic E-state index is -1.06. The van der Waals surface area contributed by atoms with Crippen LogP contribution in [0, 0.1) is 0 Å². The van der Waals surface area contributed by atoms with Crippen LogP contribution in [0.1, 0.15) is 12.5 Å². The Hall–Kier alpha value is -3.26. The molecule has 1 aliphatic rings. The number of aliphatic carboxylic acids is 1. The third kappa shape index (κ3) is 4.17. The first kappa shape index (κ1) is 19.5. The Kier molecular flexibility index (Phi) is 5.70. The van der Waals surface area contributed by atoms with Crippen molar-refractivity contribution in [2.24, 2.45) is 0 Å². The smallest absolute Gasteiger partial charge is 0.344 e. The number of imide groups is 1. The predicted octanol–water partition coefficient (Wildman–Crippen LogP) is 3.79. The maximum atomic E-state index is 12.7. The molecule has 144 valence electrons. The van der Waals surface area contributed by atoms with Gasteiger partial charge in [-0.15, -0.1) is 0 Å². The van der Waals surface area contributed by atoms with E-state index in [1.54, 1.807) is 54.6 Å². The van der Waals surface area contributed by atoms with Gasteiger partial charge in [-0.05, 0) is 54.6 Å². The molecule has 0 aliphatic carbocycles. The second-order valence-corrected chi connectivity index (χ2v) is 6.88. The number of thioether (sulfide) groups is 1. The van der Waals surface area contributed by atoms with Gasteiger partial charge in [0.1, 0.15) is 11.5 Å². The highest BCUT2D eigenvalue weighted by molar-refractivity contribution is 8.19. The highest BCUT2D eigenvalue weighted by atomic mass is 32.2. The molecular weight excluding hydrogens is 382 g/mol. The van der Waals surface area contributed by atoms with E-state index in [9.17, 15) is 14.4 Å². The van der Waals surface area contributed by atoms with Gasteiger partial charge in [0, 0.05) is 6.07 Å². The van der Waals surface area contributed by atoms with Gasteiger partial charge in [-0.2, -0.15) is 0 Å². The number of rotatable bonds is 6. The first-order valence-corrected chi connectivity index (χ1v) is 9.12. The fourth-order valence-electron chi connectivity index (χ4n) is 2.49. The highest BCUT2D eigenvalue weighted by Crippen LogP contribution is 2.36. The Morgan fingerprint density at radius 1 is 1.14 bits per heavy atom. The molecule has 1 atom stereocenters. The van der Waals surface area contributed by atoms with Crippen molar-refractivity contribution in [3.8, 4) is 11.5 Å². The van der Waals surface area contributed by atoms with Crippen LogP contribution >= 0.6 is 11.8 Å². The zero-order chi connectivity index (χ0) is 20.3. The number of anilines is 1. The van der Waals surface area contributed by atoms with Gasteiger partial charge >= 0.3 is 5.97 Å². The number of carbonyl (C=O) groups is 3. The van der Waals surface area contributed by atoms with Crippen LogP contribution < -0.4 is 14.4 Å². The molecular formula is C20H17NO6S. The number of ether oxygens (including phenoxy) is 2. The van der Waals surface area contributed by atoms with Gasteiger partial charge in [0.15, 0.2) is 6.10 Å². The standard InChI is InChI=1S/C20H17NO6S/c1-12(19(23)24)27-15-8-6-13(7-9-15)10-17-18(22)21(20(25)28-17)14-4-3-5-16(11-14)26-2/h3-12H,1-2H3,(H,23,24)/b17-10+. The first-order chi connectivity index (χ1) is 13.4. The summed E-state index contributed by atoms with van der Waals surface area (Å²) < 4.78 is 10.4. The minimum Gasteiger partial charge on any atom is -0.497 e. The van der Waals surface area contributed by atoms with E-state index >= 15 is 0 Å². The molecule has 1 aliphatic heterocycles. The number of amides is 2. The van der Waals surface area contributed by atoms with E-state index in [-0.39, 0.29) is 5.24 Å². The van der Waals surface area contributed by atoms with Crippen LogP contribution in [0.2, 0.25) is 0 Å². The summed E-state index contributed by atoms with van der Waals surface area (Å²) in [5, 5.41) is 8.49. The molecule has 8 heteroatoms. The van der Waals surface area contributed by atoms with Gasteiger partial charge in [0.05, 0.1) is 17.7 Å². The molecule has 28 heavy (non-hydrogen) atoms. The quantitative estimate of drug-likeness (QED) is 0.739. The average molecular weight is 399 g/mol. The zero-order valence-electron chi connectivity index (χ0n) is 15.1. The van der Waals surface area contributed by atoms with Gasteiger partial charge < -0.3 is 14.6 Å². The molecule has 2 aromatic rings. The third-order valence-corrected chi connectivity index (χ3v) is 4.81. The molecule has 0 radical (unpaired) electrons. The largest absolute Gasteiger partial charge is 0.497 e. The summed E-state index contributed by atoms with van der Waals surface area (Å²) in [5.74, 6) is -0.526. The lowest BCUT2D eigenvalue weighted by molar-refractivity contribution is -0.144. The van der Waals surface area contributed by atoms with Crippen LogP contribution in [0.15, 0.2) is 53.4 Å². The number of carboxylic acid groups (broad SMARTS) is 1. The minimum absolute atomic E-state index is 0.292. The van der Waals surface area contributed by atoms with Crippen molar-refractivity contribution in [1.29, 1.82) is 0 Å². The second-order valence-electron chi connectivity index (χ2n) is 5.89. The molecule has 1 saturated heterocycles. The Balaban J connectivity index is 1.78. The van der Waals surface area contributed by atoms with Crippen molar-refractivity contribution in [3.05, 3.63) is 59.0 Å². The van der Waals surface area contributed by atoms with Crippen LogP contribution in [0.4, 0.5) is 10.5 Å². The Labute approximate surface area is 165 Å². The summed E-state index contributed by atoms with van der Waals surface area (Å²) in [6, 6.07) is 13.3. The van der Waals surface area contributed by atoms with Crippen molar-refractivity contribution in [1.82, 2.24) is 0 Å². The van der Waals surface area contributed by atoms with Crippen LogP contribution in [-0.2, 0) is 9.59 Å². The predicted molar refractivity (Wildman–Crippen MR) is 106 cm³/mol. The van der Waals surface area contributed by atoms with Gasteiger partial charge in [-0.3, -0.25) is 9.59 Å². The van der Waals surface area contributed by atoms with E-state index in [0.29, 0.717) is 27.7 Å². The summed E-state index contributed by atoms with van der Waals surface area (Å²) in [5.41, 5.74) is 1.13. The van der Waals surface area contributed by atoms with Crippen LogP contribution in [-0.4, -0.2) is 35.4 Å². The summed E-state index contributed by atoms with van der Waals surface area (Å²) in [7, 11) is 1.51. The van der Waals surface area contributed by atoms with Gasteiger partial charge in [0.25, 0.3) is 11.1 Å².